The van der Waals surface area contributed by atoms with Crippen LogP contribution in [0.3, 0.4) is 0 Å². The zero-order chi connectivity index (χ0) is 25.9. The van der Waals surface area contributed by atoms with Gasteiger partial charge in [-0.25, -0.2) is 0 Å². The molecule has 0 bridgehead atoms. The molecular formula is C32H33ClN2O2S. The normalized spacial score (nSPS) is 16.6. The summed E-state index contributed by atoms with van der Waals surface area (Å²) >= 11 is 8.28. The van der Waals surface area contributed by atoms with Gasteiger partial charge in [0.15, 0.2) is 0 Å². The maximum atomic E-state index is 14.0. The molecule has 1 aromatic heterocycles. The van der Waals surface area contributed by atoms with Crippen LogP contribution in [0.5, 0.6) is 0 Å². The van der Waals surface area contributed by atoms with Crippen molar-refractivity contribution in [2.24, 2.45) is 0 Å². The first-order valence-corrected chi connectivity index (χ1v) is 14.9. The first-order valence-electron chi connectivity index (χ1n) is 13.7. The van der Waals surface area contributed by atoms with Crippen LogP contribution in [0.4, 0.5) is 5.69 Å². The Labute approximate surface area is 233 Å². The van der Waals surface area contributed by atoms with Crippen molar-refractivity contribution in [3.05, 3.63) is 88.3 Å². The maximum Gasteiger partial charge on any atom is 0.266 e. The molecule has 1 aliphatic heterocycles. The van der Waals surface area contributed by atoms with Crippen LogP contribution < -0.4 is 4.90 Å². The Hall–Kier alpha value is -2.86. The summed E-state index contributed by atoms with van der Waals surface area (Å²) in [6.07, 6.45) is 5.69. The molecule has 0 atom stereocenters. The lowest BCUT2D eigenvalue weighted by Gasteiger charge is -2.34. The first-order chi connectivity index (χ1) is 18.7. The number of amides is 1. The number of ether oxygens (including phenoxy) is 1. The van der Waals surface area contributed by atoms with Gasteiger partial charge in [-0.15, -0.1) is 11.3 Å². The molecule has 6 rings (SSSR count). The number of benzene rings is 3. The standard InChI is InChI=1S/C32H33ClN2O2S/c33-30-28-11-4-5-12-29(28)38-31(30)32(36)35(27-9-2-1-3-10-27)22-23-7-6-8-25(21-23)24-13-15-26(16-14-24)34-17-19-37-20-18-34/h4-8,11-16,21,27H,1-3,9-10,17-20,22H2. The Bertz CT molecular complexity index is 1400. The van der Waals surface area contributed by atoms with Crippen LogP contribution in [0.1, 0.15) is 47.3 Å². The van der Waals surface area contributed by atoms with Crippen molar-refractivity contribution < 1.29 is 9.53 Å². The third kappa shape index (κ3) is 5.33. The fourth-order valence-electron chi connectivity index (χ4n) is 5.77. The van der Waals surface area contributed by atoms with Gasteiger partial charge in [-0.1, -0.05) is 79.4 Å². The van der Waals surface area contributed by atoms with Gasteiger partial charge in [0.1, 0.15) is 4.88 Å². The lowest BCUT2D eigenvalue weighted by Crippen LogP contribution is -2.40. The van der Waals surface area contributed by atoms with Crippen LogP contribution in [0.15, 0.2) is 72.8 Å². The van der Waals surface area contributed by atoms with Crippen LogP contribution >= 0.6 is 22.9 Å². The van der Waals surface area contributed by atoms with Crippen molar-refractivity contribution in [3.8, 4) is 11.1 Å². The highest BCUT2D eigenvalue weighted by Crippen LogP contribution is 2.37. The summed E-state index contributed by atoms with van der Waals surface area (Å²) in [5.41, 5.74) is 4.75. The topological polar surface area (TPSA) is 32.8 Å². The number of fused-ring (bicyclic) bond motifs is 1. The number of rotatable bonds is 6. The Kier molecular flexibility index (Phi) is 7.68. The summed E-state index contributed by atoms with van der Waals surface area (Å²) in [7, 11) is 0. The van der Waals surface area contributed by atoms with Crippen LogP contribution in [0.2, 0.25) is 5.02 Å². The molecule has 1 amide bonds. The van der Waals surface area contributed by atoms with Crippen LogP contribution in [-0.4, -0.2) is 43.2 Å². The van der Waals surface area contributed by atoms with Crippen molar-refractivity contribution >= 4 is 44.6 Å². The molecule has 1 aliphatic carbocycles. The van der Waals surface area contributed by atoms with Gasteiger partial charge in [-0.2, -0.15) is 0 Å². The van der Waals surface area contributed by atoms with Gasteiger partial charge < -0.3 is 14.5 Å². The molecule has 4 aromatic rings. The quantitative estimate of drug-likeness (QED) is 0.246. The second kappa shape index (κ2) is 11.5. The second-order valence-electron chi connectivity index (χ2n) is 10.3. The molecule has 2 aliphatic rings. The smallest absolute Gasteiger partial charge is 0.266 e. The molecule has 0 spiro atoms. The molecule has 4 nitrogen and oxygen atoms in total. The van der Waals surface area contributed by atoms with Gasteiger partial charge in [0.05, 0.1) is 18.2 Å². The molecule has 196 valence electrons. The van der Waals surface area contributed by atoms with E-state index in [0.29, 0.717) is 16.4 Å². The van der Waals surface area contributed by atoms with E-state index < -0.39 is 0 Å². The number of carbonyl (C=O) groups excluding carboxylic acids is 1. The zero-order valence-corrected chi connectivity index (χ0v) is 23.1. The van der Waals surface area contributed by atoms with Gasteiger partial charge in [-0.3, -0.25) is 4.79 Å². The third-order valence-electron chi connectivity index (χ3n) is 7.86. The van der Waals surface area contributed by atoms with E-state index in [2.05, 4.69) is 58.3 Å². The van der Waals surface area contributed by atoms with E-state index in [9.17, 15) is 4.79 Å². The molecule has 1 saturated heterocycles. The van der Waals surface area contributed by atoms with E-state index in [-0.39, 0.29) is 11.9 Å². The van der Waals surface area contributed by atoms with Crippen molar-refractivity contribution in [1.29, 1.82) is 0 Å². The summed E-state index contributed by atoms with van der Waals surface area (Å²) in [4.78, 5) is 19.1. The molecule has 1 saturated carbocycles. The summed E-state index contributed by atoms with van der Waals surface area (Å²) in [6, 6.07) is 25.7. The minimum atomic E-state index is 0.0587. The fourth-order valence-corrected chi connectivity index (χ4v) is 7.24. The van der Waals surface area contributed by atoms with Crippen molar-refractivity contribution in [2.75, 3.05) is 31.2 Å². The van der Waals surface area contributed by atoms with E-state index in [1.165, 1.54) is 47.4 Å². The molecule has 0 radical (unpaired) electrons. The molecule has 3 aromatic carbocycles. The number of halogens is 1. The number of hydrogen-bond donors (Lipinski definition) is 0. The summed E-state index contributed by atoms with van der Waals surface area (Å²) in [5, 5.41) is 1.55. The molecule has 38 heavy (non-hydrogen) atoms. The van der Waals surface area contributed by atoms with Crippen molar-refractivity contribution in [2.45, 2.75) is 44.7 Å². The van der Waals surface area contributed by atoms with Crippen LogP contribution in [0.25, 0.3) is 21.2 Å². The summed E-state index contributed by atoms with van der Waals surface area (Å²) in [5.74, 6) is 0.0587. The molecule has 0 unspecified atom stereocenters. The number of morpholine rings is 1. The van der Waals surface area contributed by atoms with Crippen LogP contribution in [0, 0.1) is 0 Å². The lowest BCUT2D eigenvalue weighted by atomic mass is 9.93. The summed E-state index contributed by atoms with van der Waals surface area (Å²) in [6.45, 7) is 4.03. The average molecular weight is 545 g/mol. The van der Waals surface area contributed by atoms with Crippen LogP contribution in [-0.2, 0) is 11.3 Å². The molecule has 0 N–H and O–H groups in total. The van der Waals surface area contributed by atoms with Gasteiger partial charge >= 0.3 is 0 Å². The van der Waals surface area contributed by atoms with Gasteiger partial charge in [-0.05, 0) is 53.8 Å². The molecular weight excluding hydrogens is 512 g/mol. The highest BCUT2D eigenvalue weighted by molar-refractivity contribution is 7.21. The number of nitrogens with zero attached hydrogens (tertiary/aromatic N) is 2. The van der Waals surface area contributed by atoms with Crippen molar-refractivity contribution in [3.63, 3.8) is 0 Å². The minimum Gasteiger partial charge on any atom is -0.378 e. The number of carbonyl (C=O) groups is 1. The predicted octanol–water partition coefficient (Wildman–Crippen LogP) is 8.03. The summed E-state index contributed by atoms with van der Waals surface area (Å²) < 4.78 is 6.56. The SMILES string of the molecule is O=C(c1sc2ccccc2c1Cl)N(Cc1cccc(-c2ccc(N3CCOCC3)cc2)c1)C1CCCCC1. The molecule has 2 heterocycles. The average Bonchev–Trinajstić information content (AvgIpc) is 3.33. The zero-order valence-electron chi connectivity index (χ0n) is 21.6. The van der Waals surface area contributed by atoms with Gasteiger partial charge in [0.2, 0.25) is 0 Å². The molecule has 2 fully saturated rings. The Balaban J connectivity index is 1.26. The monoisotopic (exact) mass is 544 g/mol. The van der Waals surface area contributed by atoms with Gasteiger partial charge in [0.25, 0.3) is 5.91 Å². The number of anilines is 1. The maximum absolute atomic E-state index is 14.0. The third-order valence-corrected chi connectivity index (χ3v) is 9.53. The highest BCUT2D eigenvalue weighted by atomic mass is 35.5. The minimum absolute atomic E-state index is 0.0587. The van der Waals surface area contributed by atoms with Gasteiger partial charge in [0, 0.05) is 41.4 Å². The highest BCUT2D eigenvalue weighted by Gasteiger charge is 2.29. The van der Waals surface area contributed by atoms with Crippen molar-refractivity contribution in [1.82, 2.24) is 4.90 Å². The van der Waals surface area contributed by atoms with E-state index in [1.807, 2.05) is 24.3 Å². The first kappa shape index (κ1) is 25.4. The molecule has 6 heteroatoms. The lowest BCUT2D eigenvalue weighted by molar-refractivity contribution is 0.0619. The second-order valence-corrected chi connectivity index (χ2v) is 11.7. The Morgan fingerprint density at radius 2 is 1.68 bits per heavy atom. The van der Waals surface area contributed by atoms with E-state index >= 15 is 0 Å². The Morgan fingerprint density at radius 1 is 0.921 bits per heavy atom. The van der Waals surface area contributed by atoms with E-state index in [0.717, 1.165) is 54.8 Å². The fraction of sp³-hybridized carbons (Fsp3) is 0.344. The predicted molar refractivity (Wildman–Crippen MR) is 158 cm³/mol. The number of hydrogen-bond acceptors (Lipinski definition) is 4. The Morgan fingerprint density at radius 3 is 2.45 bits per heavy atom. The largest absolute Gasteiger partial charge is 0.378 e. The van der Waals surface area contributed by atoms with E-state index in [1.54, 1.807) is 0 Å². The van der Waals surface area contributed by atoms with E-state index in [4.69, 9.17) is 16.3 Å². The number of thiophene rings is 1.